The third kappa shape index (κ3) is 3.55. The number of hydrogen-bond acceptors (Lipinski definition) is 4. The first-order valence-corrected chi connectivity index (χ1v) is 6.26. The molecule has 3 saturated heterocycles. The Morgan fingerprint density at radius 3 is 2.65 bits per heavy atom. The maximum absolute atomic E-state index is 11.5. The molecular formula is C11H22N4O2. The number of rotatable bonds is 5. The zero-order chi connectivity index (χ0) is 12.1. The number of nitrogens with zero attached hydrogens (tertiary/aromatic N) is 2. The van der Waals surface area contributed by atoms with Crippen molar-refractivity contribution < 1.29 is 9.53 Å². The van der Waals surface area contributed by atoms with E-state index in [1.807, 2.05) is 0 Å². The van der Waals surface area contributed by atoms with E-state index in [9.17, 15) is 4.79 Å². The number of piperazine rings is 3. The lowest BCUT2D eigenvalue weighted by molar-refractivity contribution is 0.0148. The molecular weight excluding hydrogens is 220 g/mol. The van der Waals surface area contributed by atoms with E-state index in [0.29, 0.717) is 19.2 Å². The summed E-state index contributed by atoms with van der Waals surface area (Å²) in [6.45, 7) is 7.55. The Morgan fingerprint density at radius 1 is 1.29 bits per heavy atom. The fraction of sp³-hybridized carbons (Fsp3) is 0.909. The van der Waals surface area contributed by atoms with Gasteiger partial charge in [-0.25, -0.2) is 4.79 Å². The maximum Gasteiger partial charge on any atom is 0.314 e. The highest BCUT2D eigenvalue weighted by atomic mass is 16.5. The number of fused-ring (bicyclic) bond motifs is 3. The first-order valence-electron chi connectivity index (χ1n) is 6.26. The summed E-state index contributed by atoms with van der Waals surface area (Å²) >= 11 is 0. The van der Waals surface area contributed by atoms with Gasteiger partial charge in [-0.1, -0.05) is 0 Å². The zero-order valence-electron chi connectivity index (χ0n) is 10.4. The molecule has 2 bridgehead atoms. The Labute approximate surface area is 102 Å². The summed E-state index contributed by atoms with van der Waals surface area (Å²) in [6, 6.07) is 0.380. The largest absolute Gasteiger partial charge is 0.383 e. The number of methoxy groups -OCH3 is 1. The minimum Gasteiger partial charge on any atom is -0.383 e. The van der Waals surface area contributed by atoms with Crippen molar-refractivity contribution in [3.8, 4) is 0 Å². The van der Waals surface area contributed by atoms with Crippen LogP contribution >= 0.6 is 0 Å². The fourth-order valence-corrected chi connectivity index (χ4v) is 2.46. The fourth-order valence-electron chi connectivity index (χ4n) is 2.46. The van der Waals surface area contributed by atoms with Crippen LogP contribution in [0.15, 0.2) is 0 Å². The molecule has 3 rings (SSSR count). The van der Waals surface area contributed by atoms with Crippen molar-refractivity contribution >= 4 is 6.03 Å². The van der Waals surface area contributed by atoms with E-state index in [1.54, 1.807) is 7.11 Å². The Morgan fingerprint density at radius 2 is 2.06 bits per heavy atom. The van der Waals surface area contributed by atoms with E-state index in [4.69, 9.17) is 4.74 Å². The van der Waals surface area contributed by atoms with Crippen LogP contribution in [0.4, 0.5) is 4.79 Å². The summed E-state index contributed by atoms with van der Waals surface area (Å²) in [5.41, 5.74) is 0. The predicted octanol–water partition coefficient (Wildman–Crippen LogP) is -1.07. The Bertz CT molecular complexity index is 254. The van der Waals surface area contributed by atoms with Gasteiger partial charge in [-0.05, 0) is 0 Å². The van der Waals surface area contributed by atoms with Crippen LogP contribution in [0.3, 0.4) is 0 Å². The zero-order valence-corrected chi connectivity index (χ0v) is 10.4. The highest BCUT2D eigenvalue weighted by Gasteiger charge is 2.31. The SMILES string of the molecule is COCCNC(=O)NCC1CN2CCN1CC2. The molecule has 2 amide bonds. The Hall–Kier alpha value is -0.850. The van der Waals surface area contributed by atoms with Crippen LogP contribution in [-0.4, -0.2) is 81.4 Å². The maximum atomic E-state index is 11.5. The van der Waals surface area contributed by atoms with Gasteiger partial charge in [0.1, 0.15) is 0 Å². The van der Waals surface area contributed by atoms with Crippen LogP contribution < -0.4 is 10.6 Å². The lowest BCUT2D eigenvalue weighted by Crippen LogP contribution is -2.63. The van der Waals surface area contributed by atoms with Crippen LogP contribution in [0.5, 0.6) is 0 Å². The van der Waals surface area contributed by atoms with Crippen LogP contribution in [0.2, 0.25) is 0 Å². The summed E-state index contributed by atoms with van der Waals surface area (Å²) in [7, 11) is 1.63. The molecule has 6 nitrogen and oxygen atoms in total. The van der Waals surface area contributed by atoms with Crippen molar-refractivity contribution in [2.45, 2.75) is 6.04 Å². The minimum atomic E-state index is -0.0975. The molecule has 3 heterocycles. The molecule has 0 saturated carbocycles. The van der Waals surface area contributed by atoms with E-state index in [2.05, 4.69) is 20.4 Å². The quantitative estimate of drug-likeness (QED) is 0.603. The standard InChI is InChI=1S/C11H22N4O2/c1-17-7-2-12-11(16)13-8-10-9-14-3-5-15(10)6-4-14/h10H,2-9H2,1H3,(H2,12,13,16). The van der Waals surface area contributed by atoms with Crippen molar-refractivity contribution in [2.24, 2.45) is 0 Å². The molecule has 2 N–H and O–H groups in total. The molecule has 98 valence electrons. The third-order valence-electron chi connectivity index (χ3n) is 3.48. The molecule has 1 atom stereocenters. The minimum absolute atomic E-state index is 0.0975. The lowest BCUT2D eigenvalue weighted by atomic mass is 10.1. The highest BCUT2D eigenvalue weighted by Crippen LogP contribution is 2.14. The van der Waals surface area contributed by atoms with Gasteiger partial charge in [-0.2, -0.15) is 0 Å². The summed E-state index contributed by atoms with van der Waals surface area (Å²) < 4.78 is 4.87. The molecule has 0 radical (unpaired) electrons. The highest BCUT2D eigenvalue weighted by molar-refractivity contribution is 5.73. The number of carbonyl (C=O) groups is 1. The molecule has 0 aromatic rings. The van der Waals surface area contributed by atoms with E-state index < -0.39 is 0 Å². The first kappa shape index (κ1) is 12.6. The topological polar surface area (TPSA) is 56.8 Å². The molecule has 17 heavy (non-hydrogen) atoms. The lowest BCUT2D eigenvalue weighted by Gasteiger charge is -2.47. The van der Waals surface area contributed by atoms with Gasteiger partial charge in [-0.15, -0.1) is 0 Å². The van der Waals surface area contributed by atoms with E-state index in [1.165, 1.54) is 13.1 Å². The van der Waals surface area contributed by atoms with Gasteiger partial charge in [0, 0.05) is 59.0 Å². The van der Waals surface area contributed by atoms with Crippen LogP contribution in [-0.2, 0) is 4.74 Å². The number of urea groups is 1. The predicted molar refractivity (Wildman–Crippen MR) is 65.1 cm³/mol. The molecule has 1 unspecified atom stereocenters. The van der Waals surface area contributed by atoms with Gasteiger partial charge in [-0.3, -0.25) is 9.80 Å². The first-order chi connectivity index (χ1) is 8.29. The molecule has 0 aromatic heterocycles. The van der Waals surface area contributed by atoms with Crippen molar-refractivity contribution in [3.63, 3.8) is 0 Å². The Balaban J connectivity index is 1.63. The van der Waals surface area contributed by atoms with Gasteiger partial charge in [0.2, 0.25) is 0 Å². The molecule has 3 fully saturated rings. The average molecular weight is 242 g/mol. The third-order valence-corrected chi connectivity index (χ3v) is 3.48. The molecule has 6 heteroatoms. The van der Waals surface area contributed by atoms with Gasteiger partial charge in [0.05, 0.1) is 6.61 Å². The van der Waals surface area contributed by atoms with E-state index in [-0.39, 0.29) is 6.03 Å². The number of nitrogens with one attached hydrogen (secondary N) is 2. The molecule has 0 spiro atoms. The number of amides is 2. The average Bonchev–Trinajstić information content (AvgIpc) is 2.38. The van der Waals surface area contributed by atoms with Crippen LogP contribution in [0, 0.1) is 0 Å². The number of ether oxygens (including phenoxy) is 1. The number of hydrogen-bond donors (Lipinski definition) is 2. The van der Waals surface area contributed by atoms with Crippen molar-refractivity contribution in [1.29, 1.82) is 0 Å². The van der Waals surface area contributed by atoms with Crippen molar-refractivity contribution in [1.82, 2.24) is 20.4 Å². The summed E-state index contributed by atoms with van der Waals surface area (Å²) in [5.74, 6) is 0. The smallest absolute Gasteiger partial charge is 0.314 e. The van der Waals surface area contributed by atoms with Crippen molar-refractivity contribution in [3.05, 3.63) is 0 Å². The van der Waals surface area contributed by atoms with Gasteiger partial charge >= 0.3 is 6.03 Å². The molecule has 3 aliphatic heterocycles. The Kier molecular flexibility index (Phi) is 4.58. The molecule has 3 aliphatic rings. The van der Waals surface area contributed by atoms with Gasteiger partial charge < -0.3 is 15.4 Å². The monoisotopic (exact) mass is 242 g/mol. The summed E-state index contributed by atoms with van der Waals surface area (Å²) in [6.07, 6.45) is 0. The van der Waals surface area contributed by atoms with Crippen LogP contribution in [0.25, 0.3) is 0 Å². The second-order valence-electron chi connectivity index (χ2n) is 4.62. The second-order valence-corrected chi connectivity index (χ2v) is 4.62. The summed E-state index contributed by atoms with van der Waals surface area (Å²) in [4.78, 5) is 16.4. The van der Waals surface area contributed by atoms with Gasteiger partial charge in [0.25, 0.3) is 0 Å². The number of carbonyl (C=O) groups excluding carboxylic acids is 1. The normalized spacial score (nSPS) is 31.2. The molecule has 0 aliphatic carbocycles. The second kappa shape index (κ2) is 6.18. The summed E-state index contributed by atoms with van der Waals surface area (Å²) in [5, 5.41) is 5.68. The molecule has 0 aromatic carbocycles. The van der Waals surface area contributed by atoms with Crippen molar-refractivity contribution in [2.75, 3.05) is 59.5 Å². The van der Waals surface area contributed by atoms with E-state index in [0.717, 1.165) is 26.2 Å². The van der Waals surface area contributed by atoms with Gasteiger partial charge in [0.15, 0.2) is 0 Å². The van der Waals surface area contributed by atoms with E-state index >= 15 is 0 Å². The van der Waals surface area contributed by atoms with Crippen LogP contribution in [0.1, 0.15) is 0 Å².